The minimum Gasteiger partial charge on any atom is -0.354 e. The molecule has 2 aromatic rings. The molecule has 1 saturated carbocycles. The van der Waals surface area contributed by atoms with Crippen molar-refractivity contribution in [2.45, 2.75) is 19.8 Å². The first-order chi connectivity index (χ1) is 9.70. The molecule has 1 aromatic heterocycles. The summed E-state index contributed by atoms with van der Waals surface area (Å²) in [5.74, 6) is 0.885. The van der Waals surface area contributed by atoms with Crippen molar-refractivity contribution in [3.8, 4) is 0 Å². The number of nitrogens with zero attached hydrogens (tertiary/aromatic N) is 1. The standard InChI is InChI=1S/C16H17N3O/c1-11-3-2-4-13(9-11)18-14-7-8-15(17-10-14)19-16(20)12-5-6-12/h2-4,7-10,12,18H,5-6H2,1H3,(H,17,19,20). The predicted octanol–water partition coefficient (Wildman–Crippen LogP) is 3.48. The number of carbonyl (C=O) groups excluding carboxylic acids is 1. The van der Waals surface area contributed by atoms with Gasteiger partial charge in [-0.25, -0.2) is 4.98 Å². The van der Waals surface area contributed by atoms with Gasteiger partial charge >= 0.3 is 0 Å². The van der Waals surface area contributed by atoms with Gasteiger partial charge in [0.1, 0.15) is 5.82 Å². The molecule has 0 radical (unpaired) electrons. The van der Waals surface area contributed by atoms with Crippen LogP contribution in [0.1, 0.15) is 18.4 Å². The Kier molecular flexibility index (Phi) is 3.37. The van der Waals surface area contributed by atoms with Crippen LogP contribution in [-0.4, -0.2) is 10.9 Å². The molecule has 0 saturated heterocycles. The predicted molar refractivity (Wildman–Crippen MR) is 80.1 cm³/mol. The van der Waals surface area contributed by atoms with E-state index in [2.05, 4.69) is 34.7 Å². The van der Waals surface area contributed by atoms with Crippen molar-refractivity contribution in [1.29, 1.82) is 0 Å². The van der Waals surface area contributed by atoms with Crippen molar-refractivity contribution in [3.63, 3.8) is 0 Å². The number of hydrogen-bond donors (Lipinski definition) is 2. The number of pyridine rings is 1. The fourth-order valence-electron chi connectivity index (χ4n) is 2.01. The van der Waals surface area contributed by atoms with Gasteiger partial charge in [0.25, 0.3) is 0 Å². The highest BCUT2D eigenvalue weighted by Crippen LogP contribution is 2.30. The molecule has 1 aliphatic carbocycles. The van der Waals surface area contributed by atoms with Gasteiger partial charge in [-0.05, 0) is 49.6 Å². The molecule has 20 heavy (non-hydrogen) atoms. The quantitative estimate of drug-likeness (QED) is 0.891. The molecule has 1 aromatic carbocycles. The normalized spacial score (nSPS) is 13.8. The molecule has 1 heterocycles. The number of carbonyl (C=O) groups is 1. The number of hydrogen-bond acceptors (Lipinski definition) is 3. The Labute approximate surface area is 118 Å². The van der Waals surface area contributed by atoms with E-state index in [1.807, 2.05) is 24.3 Å². The van der Waals surface area contributed by atoms with Crippen LogP contribution >= 0.6 is 0 Å². The second-order valence-corrected chi connectivity index (χ2v) is 5.19. The van der Waals surface area contributed by atoms with E-state index in [4.69, 9.17) is 0 Å². The van der Waals surface area contributed by atoms with E-state index in [9.17, 15) is 4.79 Å². The van der Waals surface area contributed by atoms with E-state index in [1.54, 1.807) is 6.20 Å². The number of amides is 1. The SMILES string of the molecule is Cc1cccc(Nc2ccc(NC(=O)C3CC3)nc2)c1. The molecule has 0 spiro atoms. The minimum atomic E-state index is 0.0805. The van der Waals surface area contributed by atoms with E-state index >= 15 is 0 Å². The van der Waals surface area contributed by atoms with Crippen molar-refractivity contribution in [3.05, 3.63) is 48.2 Å². The van der Waals surface area contributed by atoms with Gasteiger partial charge in [0.05, 0.1) is 11.9 Å². The largest absolute Gasteiger partial charge is 0.354 e. The van der Waals surface area contributed by atoms with Gasteiger partial charge in [-0.15, -0.1) is 0 Å². The van der Waals surface area contributed by atoms with Gasteiger partial charge in [0, 0.05) is 11.6 Å². The van der Waals surface area contributed by atoms with Gasteiger partial charge in [-0.2, -0.15) is 0 Å². The molecule has 4 heteroatoms. The summed E-state index contributed by atoms with van der Waals surface area (Å²) in [5.41, 5.74) is 3.14. The fraction of sp³-hybridized carbons (Fsp3) is 0.250. The van der Waals surface area contributed by atoms with E-state index in [1.165, 1.54) is 5.56 Å². The van der Waals surface area contributed by atoms with E-state index < -0.39 is 0 Å². The van der Waals surface area contributed by atoms with Gasteiger partial charge in [-0.3, -0.25) is 4.79 Å². The Morgan fingerprint density at radius 3 is 2.70 bits per heavy atom. The molecular weight excluding hydrogens is 250 g/mol. The van der Waals surface area contributed by atoms with Crippen molar-refractivity contribution >= 4 is 23.1 Å². The lowest BCUT2D eigenvalue weighted by Crippen LogP contribution is -2.14. The van der Waals surface area contributed by atoms with Crippen LogP contribution in [0.5, 0.6) is 0 Å². The molecule has 102 valence electrons. The van der Waals surface area contributed by atoms with Crippen molar-refractivity contribution < 1.29 is 4.79 Å². The lowest BCUT2D eigenvalue weighted by Gasteiger charge is -2.08. The molecule has 0 aliphatic heterocycles. The Morgan fingerprint density at radius 2 is 2.05 bits per heavy atom. The Bertz CT molecular complexity index is 618. The lowest BCUT2D eigenvalue weighted by atomic mass is 10.2. The van der Waals surface area contributed by atoms with Gasteiger partial charge in [0.15, 0.2) is 0 Å². The number of nitrogens with one attached hydrogen (secondary N) is 2. The molecule has 2 N–H and O–H groups in total. The smallest absolute Gasteiger partial charge is 0.228 e. The minimum absolute atomic E-state index is 0.0805. The van der Waals surface area contributed by atoms with Crippen molar-refractivity contribution in [1.82, 2.24) is 4.98 Å². The Morgan fingerprint density at radius 1 is 1.20 bits per heavy atom. The van der Waals surface area contributed by atoms with Gasteiger partial charge < -0.3 is 10.6 Å². The maximum Gasteiger partial charge on any atom is 0.228 e. The monoisotopic (exact) mass is 267 g/mol. The van der Waals surface area contributed by atoms with Crippen LogP contribution in [0.25, 0.3) is 0 Å². The highest BCUT2D eigenvalue weighted by molar-refractivity contribution is 5.93. The lowest BCUT2D eigenvalue weighted by molar-refractivity contribution is -0.117. The molecule has 0 unspecified atom stereocenters. The topological polar surface area (TPSA) is 54.0 Å². The van der Waals surface area contributed by atoms with Crippen molar-refractivity contribution in [2.24, 2.45) is 5.92 Å². The van der Waals surface area contributed by atoms with Crippen molar-refractivity contribution in [2.75, 3.05) is 10.6 Å². The summed E-state index contributed by atoms with van der Waals surface area (Å²) in [7, 11) is 0. The number of aromatic nitrogens is 1. The number of aryl methyl sites for hydroxylation is 1. The Balaban J connectivity index is 1.65. The first-order valence-corrected chi connectivity index (χ1v) is 6.81. The van der Waals surface area contributed by atoms with E-state index in [-0.39, 0.29) is 11.8 Å². The van der Waals surface area contributed by atoms with Gasteiger partial charge in [-0.1, -0.05) is 12.1 Å². The molecular formula is C16H17N3O. The molecule has 0 bridgehead atoms. The third-order valence-corrected chi connectivity index (χ3v) is 3.27. The third-order valence-electron chi connectivity index (χ3n) is 3.27. The van der Waals surface area contributed by atoms with Crippen LogP contribution in [0.2, 0.25) is 0 Å². The van der Waals surface area contributed by atoms with Crippen LogP contribution in [0.3, 0.4) is 0 Å². The summed E-state index contributed by atoms with van der Waals surface area (Å²) in [6.07, 6.45) is 3.72. The molecule has 0 atom stereocenters. The average Bonchev–Trinajstić information content (AvgIpc) is 3.25. The summed E-state index contributed by atoms with van der Waals surface area (Å²) in [4.78, 5) is 15.9. The summed E-state index contributed by atoms with van der Waals surface area (Å²) >= 11 is 0. The highest BCUT2D eigenvalue weighted by atomic mass is 16.2. The third kappa shape index (κ3) is 3.15. The van der Waals surface area contributed by atoms with Crippen LogP contribution in [0.4, 0.5) is 17.2 Å². The zero-order valence-corrected chi connectivity index (χ0v) is 11.4. The van der Waals surface area contributed by atoms with Crippen LogP contribution in [0, 0.1) is 12.8 Å². The summed E-state index contributed by atoms with van der Waals surface area (Å²) < 4.78 is 0. The first kappa shape index (κ1) is 12.7. The second kappa shape index (κ2) is 5.33. The summed E-state index contributed by atoms with van der Waals surface area (Å²) in [6.45, 7) is 2.06. The molecule has 3 rings (SSSR count). The van der Waals surface area contributed by atoms with Crippen LogP contribution in [-0.2, 0) is 4.79 Å². The second-order valence-electron chi connectivity index (χ2n) is 5.19. The average molecular weight is 267 g/mol. The Hall–Kier alpha value is -2.36. The van der Waals surface area contributed by atoms with Crippen LogP contribution < -0.4 is 10.6 Å². The zero-order chi connectivity index (χ0) is 13.9. The van der Waals surface area contributed by atoms with E-state index in [0.717, 1.165) is 24.2 Å². The molecule has 1 aliphatic rings. The molecule has 1 amide bonds. The van der Waals surface area contributed by atoms with Crippen LogP contribution in [0.15, 0.2) is 42.6 Å². The maximum atomic E-state index is 11.6. The number of anilines is 3. The number of rotatable bonds is 4. The van der Waals surface area contributed by atoms with Gasteiger partial charge in [0.2, 0.25) is 5.91 Å². The summed E-state index contributed by atoms with van der Waals surface area (Å²) in [5, 5.41) is 6.11. The number of benzene rings is 1. The highest BCUT2D eigenvalue weighted by Gasteiger charge is 2.29. The zero-order valence-electron chi connectivity index (χ0n) is 11.4. The van der Waals surface area contributed by atoms with E-state index in [0.29, 0.717) is 5.82 Å². The summed E-state index contributed by atoms with van der Waals surface area (Å²) in [6, 6.07) is 11.9. The first-order valence-electron chi connectivity index (χ1n) is 6.81. The molecule has 4 nitrogen and oxygen atoms in total. The maximum absolute atomic E-state index is 11.6. The fourth-order valence-corrected chi connectivity index (χ4v) is 2.01. The molecule has 1 fully saturated rings.